The number of ketones is 1. The molecule has 19 heavy (non-hydrogen) atoms. The third kappa shape index (κ3) is 2.82. The number of para-hydroxylation sites is 1. The molecule has 0 aliphatic carbocycles. The molecule has 1 aromatic heterocycles. The Labute approximate surface area is 113 Å². The molecule has 3 rings (SSSR count). The van der Waals surface area contributed by atoms with E-state index in [1.54, 1.807) is 6.20 Å². The van der Waals surface area contributed by atoms with Gasteiger partial charge in [0.1, 0.15) is 5.78 Å². The average molecular weight is 254 g/mol. The van der Waals surface area contributed by atoms with Gasteiger partial charge in [0.15, 0.2) is 0 Å². The number of aromatic nitrogens is 1. The summed E-state index contributed by atoms with van der Waals surface area (Å²) in [4.78, 5) is 16.5. The third-order valence-corrected chi connectivity index (χ3v) is 3.76. The zero-order chi connectivity index (χ0) is 13.1. The van der Waals surface area contributed by atoms with Crippen LogP contribution >= 0.6 is 0 Å². The molecule has 1 unspecified atom stereocenters. The first kappa shape index (κ1) is 12.3. The fourth-order valence-electron chi connectivity index (χ4n) is 2.80. The van der Waals surface area contributed by atoms with Crippen LogP contribution in [0.1, 0.15) is 24.8 Å². The van der Waals surface area contributed by atoms with Gasteiger partial charge in [-0.3, -0.25) is 9.78 Å². The van der Waals surface area contributed by atoms with Gasteiger partial charge in [0, 0.05) is 30.5 Å². The Bertz CT molecular complexity index is 583. The van der Waals surface area contributed by atoms with Gasteiger partial charge in [-0.2, -0.15) is 0 Å². The first-order valence-electron chi connectivity index (χ1n) is 6.90. The number of hydrogen-bond donors (Lipinski definition) is 1. The van der Waals surface area contributed by atoms with E-state index in [1.165, 1.54) is 6.42 Å². The Morgan fingerprint density at radius 1 is 1.32 bits per heavy atom. The Kier molecular flexibility index (Phi) is 3.56. The van der Waals surface area contributed by atoms with Crippen molar-refractivity contribution in [1.82, 2.24) is 10.3 Å². The molecule has 98 valence electrons. The molecule has 2 aromatic rings. The molecule has 1 fully saturated rings. The summed E-state index contributed by atoms with van der Waals surface area (Å²) in [6.07, 6.45) is 5.27. The molecule has 1 aliphatic rings. The zero-order valence-electron chi connectivity index (χ0n) is 10.9. The van der Waals surface area contributed by atoms with Gasteiger partial charge < -0.3 is 5.32 Å². The first-order valence-corrected chi connectivity index (χ1v) is 6.90. The van der Waals surface area contributed by atoms with Gasteiger partial charge in [0.2, 0.25) is 0 Å². The maximum atomic E-state index is 12.2. The second-order valence-corrected chi connectivity index (χ2v) is 5.20. The monoisotopic (exact) mass is 254 g/mol. The van der Waals surface area contributed by atoms with Crippen LogP contribution in [-0.4, -0.2) is 23.4 Å². The largest absolute Gasteiger partial charge is 0.314 e. The van der Waals surface area contributed by atoms with Crippen molar-refractivity contribution >= 4 is 16.7 Å². The standard InChI is InChI=1S/C16H18N2O/c19-14(11-13-4-3-8-17-13)10-12-7-9-18-16-6-2-1-5-15(12)16/h1-2,5-7,9,13,17H,3-4,8,10-11H2. The molecule has 1 saturated heterocycles. The van der Waals surface area contributed by atoms with Crippen molar-refractivity contribution < 1.29 is 4.79 Å². The second-order valence-electron chi connectivity index (χ2n) is 5.20. The van der Waals surface area contributed by atoms with Crippen molar-refractivity contribution in [2.75, 3.05) is 6.54 Å². The Hall–Kier alpha value is -1.74. The van der Waals surface area contributed by atoms with Gasteiger partial charge in [-0.1, -0.05) is 18.2 Å². The van der Waals surface area contributed by atoms with Crippen LogP contribution in [-0.2, 0) is 11.2 Å². The van der Waals surface area contributed by atoms with Crippen molar-refractivity contribution in [3.05, 3.63) is 42.1 Å². The highest BCUT2D eigenvalue weighted by Gasteiger charge is 2.18. The van der Waals surface area contributed by atoms with E-state index in [-0.39, 0.29) is 0 Å². The van der Waals surface area contributed by atoms with E-state index in [2.05, 4.69) is 10.3 Å². The predicted molar refractivity (Wildman–Crippen MR) is 76.1 cm³/mol. The van der Waals surface area contributed by atoms with Crippen LogP contribution in [0, 0.1) is 0 Å². The maximum absolute atomic E-state index is 12.2. The number of fused-ring (bicyclic) bond motifs is 1. The SMILES string of the molecule is O=C(Cc1ccnc2ccccc12)CC1CCCN1. The lowest BCUT2D eigenvalue weighted by Crippen LogP contribution is -2.25. The summed E-state index contributed by atoms with van der Waals surface area (Å²) in [5.41, 5.74) is 2.06. The highest BCUT2D eigenvalue weighted by Crippen LogP contribution is 2.18. The van der Waals surface area contributed by atoms with Crippen LogP contribution in [0.2, 0.25) is 0 Å². The number of benzene rings is 1. The van der Waals surface area contributed by atoms with Crippen LogP contribution in [0.4, 0.5) is 0 Å². The molecule has 1 aliphatic heterocycles. The number of Topliss-reactive ketones (excluding diaryl/α,β-unsaturated/α-hetero) is 1. The fourth-order valence-corrected chi connectivity index (χ4v) is 2.80. The van der Waals surface area contributed by atoms with Crippen LogP contribution < -0.4 is 5.32 Å². The smallest absolute Gasteiger partial charge is 0.138 e. The number of carbonyl (C=O) groups excluding carboxylic acids is 1. The Morgan fingerprint density at radius 3 is 3.05 bits per heavy atom. The summed E-state index contributed by atoms with van der Waals surface area (Å²) in [7, 11) is 0. The second kappa shape index (κ2) is 5.49. The Balaban J connectivity index is 1.75. The lowest BCUT2D eigenvalue weighted by molar-refractivity contribution is -0.118. The summed E-state index contributed by atoms with van der Waals surface area (Å²) in [6, 6.07) is 10.4. The molecule has 1 aromatic carbocycles. The molecule has 0 saturated carbocycles. The van der Waals surface area contributed by atoms with Crippen molar-refractivity contribution in [2.24, 2.45) is 0 Å². The van der Waals surface area contributed by atoms with Gasteiger partial charge >= 0.3 is 0 Å². The van der Waals surface area contributed by atoms with E-state index in [4.69, 9.17) is 0 Å². The molecule has 3 heteroatoms. The number of hydrogen-bond acceptors (Lipinski definition) is 3. The summed E-state index contributed by atoms with van der Waals surface area (Å²) >= 11 is 0. The molecule has 1 atom stereocenters. The fraction of sp³-hybridized carbons (Fsp3) is 0.375. The van der Waals surface area contributed by atoms with Gasteiger partial charge in [-0.25, -0.2) is 0 Å². The number of rotatable bonds is 4. The molecule has 2 heterocycles. The van der Waals surface area contributed by atoms with Crippen LogP contribution in [0.3, 0.4) is 0 Å². The van der Waals surface area contributed by atoms with E-state index in [0.717, 1.165) is 29.4 Å². The van der Waals surface area contributed by atoms with Crippen LogP contribution in [0.15, 0.2) is 36.5 Å². The molecule has 3 nitrogen and oxygen atoms in total. The van der Waals surface area contributed by atoms with Crippen molar-refractivity contribution in [3.8, 4) is 0 Å². The van der Waals surface area contributed by atoms with Crippen LogP contribution in [0.25, 0.3) is 10.9 Å². The van der Waals surface area contributed by atoms with Crippen molar-refractivity contribution in [3.63, 3.8) is 0 Å². The minimum atomic E-state index is 0.316. The van der Waals surface area contributed by atoms with Gasteiger partial charge in [-0.05, 0) is 37.1 Å². The van der Waals surface area contributed by atoms with E-state index >= 15 is 0 Å². The Morgan fingerprint density at radius 2 is 2.21 bits per heavy atom. The van der Waals surface area contributed by atoms with Gasteiger partial charge in [0.25, 0.3) is 0 Å². The van der Waals surface area contributed by atoms with Crippen molar-refractivity contribution in [1.29, 1.82) is 0 Å². The van der Waals surface area contributed by atoms with Crippen LogP contribution in [0.5, 0.6) is 0 Å². The highest BCUT2D eigenvalue weighted by molar-refractivity contribution is 5.89. The summed E-state index contributed by atoms with van der Waals surface area (Å²) in [6.45, 7) is 1.05. The molecule has 0 spiro atoms. The maximum Gasteiger partial charge on any atom is 0.138 e. The summed E-state index contributed by atoms with van der Waals surface area (Å²) in [5.74, 6) is 0.316. The number of nitrogens with zero attached hydrogens (tertiary/aromatic N) is 1. The van der Waals surface area contributed by atoms with Gasteiger partial charge in [0.05, 0.1) is 5.52 Å². The molecule has 0 bridgehead atoms. The van der Waals surface area contributed by atoms with E-state index in [9.17, 15) is 4.79 Å². The topological polar surface area (TPSA) is 42.0 Å². The minimum Gasteiger partial charge on any atom is -0.314 e. The lowest BCUT2D eigenvalue weighted by atomic mass is 10.00. The summed E-state index contributed by atoms with van der Waals surface area (Å²) < 4.78 is 0. The summed E-state index contributed by atoms with van der Waals surface area (Å²) in [5, 5.41) is 4.47. The zero-order valence-corrected chi connectivity index (χ0v) is 10.9. The van der Waals surface area contributed by atoms with Gasteiger partial charge in [-0.15, -0.1) is 0 Å². The average Bonchev–Trinajstić information content (AvgIpc) is 2.92. The first-order chi connectivity index (χ1) is 9.33. The molecule has 1 N–H and O–H groups in total. The lowest BCUT2D eigenvalue weighted by Gasteiger charge is -2.10. The molecule has 0 amide bonds. The van der Waals surface area contributed by atoms with E-state index < -0.39 is 0 Å². The number of carbonyl (C=O) groups is 1. The molecule has 0 radical (unpaired) electrons. The third-order valence-electron chi connectivity index (χ3n) is 3.76. The normalized spacial score (nSPS) is 18.8. The predicted octanol–water partition coefficient (Wildman–Crippen LogP) is 2.49. The number of nitrogens with one attached hydrogen (secondary N) is 1. The van der Waals surface area contributed by atoms with E-state index in [0.29, 0.717) is 24.7 Å². The van der Waals surface area contributed by atoms with E-state index in [1.807, 2.05) is 30.3 Å². The molecular weight excluding hydrogens is 236 g/mol. The number of pyridine rings is 1. The quantitative estimate of drug-likeness (QED) is 0.911. The highest BCUT2D eigenvalue weighted by atomic mass is 16.1. The minimum absolute atomic E-state index is 0.316. The van der Waals surface area contributed by atoms with Crippen molar-refractivity contribution in [2.45, 2.75) is 31.7 Å². The molecular formula is C16H18N2O.